The number of rotatable bonds is 2. The third kappa shape index (κ3) is 3.95. The van der Waals surface area contributed by atoms with Crippen LogP contribution in [0.5, 0.6) is 0 Å². The topological polar surface area (TPSA) is 61.5 Å². The molecule has 1 saturated heterocycles. The number of fused-ring (bicyclic) bond motifs is 6. The van der Waals surface area contributed by atoms with E-state index < -0.39 is 17.1 Å². The van der Waals surface area contributed by atoms with Crippen molar-refractivity contribution >= 4 is 6.08 Å². The highest BCUT2D eigenvalue weighted by Gasteiger charge is 2.66. The number of allylic oxidation sites excluding steroid dienone is 1. The van der Waals surface area contributed by atoms with Gasteiger partial charge in [0.15, 0.2) is 0 Å². The van der Waals surface area contributed by atoms with E-state index >= 15 is 0 Å². The van der Waals surface area contributed by atoms with Gasteiger partial charge in [0, 0.05) is 5.41 Å². The first-order valence-electron chi connectivity index (χ1n) is 15.4. The van der Waals surface area contributed by atoms with Gasteiger partial charge in [0.05, 0.1) is 30.2 Å². The monoisotopic (exact) mass is 543 g/mol. The number of aromatic nitrogens is 2. The van der Waals surface area contributed by atoms with Crippen molar-refractivity contribution in [1.82, 2.24) is 14.7 Å². The van der Waals surface area contributed by atoms with Crippen LogP contribution in [0.4, 0.5) is 4.39 Å². The number of likely N-dealkylation sites (tertiary alicyclic amines) is 1. The minimum Gasteiger partial charge on any atom is -0.393 e. The summed E-state index contributed by atoms with van der Waals surface area (Å²) in [5, 5.41) is 28.6. The number of halogens is 1. The fourth-order valence-electron chi connectivity index (χ4n) is 9.60. The Morgan fingerprint density at radius 3 is 2.65 bits per heavy atom. The molecule has 4 fully saturated rings. The van der Waals surface area contributed by atoms with Crippen molar-refractivity contribution in [3.63, 3.8) is 0 Å². The fraction of sp³-hybridized carbons (Fsp3) is 0.618. The molecule has 4 aliphatic carbocycles. The molecule has 0 amide bonds. The van der Waals surface area contributed by atoms with E-state index in [1.807, 2.05) is 10.9 Å². The zero-order chi connectivity index (χ0) is 27.7. The zero-order valence-corrected chi connectivity index (χ0v) is 23.9. The largest absolute Gasteiger partial charge is 0.393 e. The minimum absolute atomic E-state index is 0.145. The molecule has 7 rings (SSSR count). The molecule has 0 radical (unpaired) electrons. The van der Waals surface area contributed by atoms with E-state index in [0.717, 1.165) is 56.7 Å². The Hall–Kier alpha value is -2.46. The van der Waals surface area contributed by atoms with Crippen molar-refractivity contribution in [3.8, 4) is 17.5 Å². The summed E-state index contributed by atoms with van der Waals surface area (Å²) in [7, 11) is 0. The Bertz CT molecular complexity index is 1380. The van der Waals surface area contributed by atoms with E-state index in [1.165, 1.54) is 42.5 Å². The number of hydrogen-bond acceptors (Lipinski definition) is 4. The molecule has 1 aromatic heterocycles. The molecule has 3 saturated carbocycles. The highest BCUT2D eigenvalue weighted by Crippen LogP contribution is 2.67. The van der Waals surface area contributed by atoms with Gasteiger partial charge in [0.25, 0.3) is 0 Å². The molecule has 0 spiro atoms. The number of aliphatic hydroxyl groups excluding tert-OH is 1. The van der Waals surface area contributed by atoms with Crippen molar-refractivity contribution in [2.24, 2.45) is 28.6 Å². The van der Waals surface area contributed by atoms with E-state index in [9.17, 15) is 14.6 Å². The lowest BCUT2D eigenvalue weighted by molar-refractivity contribution is -0.152. The van der Waals surface area contributed by atoms with Gasteiger partial charge in [0.1, 0.15) is 11.4 Å². The van der Waals surface area contributed by atoms with Crippen molar-refractivity contribution in [2.75, 3.05) is 19.6 Å². The molecule has 5 nitrogen and oxygen atoms in total. The second-order valence-electron chi connectivity index (χ2n) is 13.8. The summed E-state index contributed by atoms with van der Waals surface area (Å²) in [6.45, 7) is 7.50. The molecule has 2 heterocycles. The lowest BCUT2D eigenvalue weighted by atomic mass is 9.45. The third-order valence-corrected chi connectivity index (χ3v) is 11.7. The van der Waals surface area contributed by atoms with Gasteiger partial charge in [-0.05, 0) is 124 Å². The van der Waals surface area contributed by atoms with Crippen LogP contribution >= 0.6 is 0 Å². The average Bonchev–Trinajstić information content (AvgIpc) is 3.45. The standard InChI is InChI=1S/C34H42FN3O2/c1-32-20-23-22-36-38(26-10-8-25(35)9-11-26)29(23)19-24(32)7-12-27-28-13-15-34(40,33(28,2)21-30(39)31(27)32)14-6-18-37-16-4-3-5-17-37/h8-11,19,22,27-28,30-31,39-40H,3-5,7,12-13,15-18,20-21H2,1-2H3/t27-,28-,30-,31+,32-,33-,34-/m0/s1. The Kier molecular flexibility index (Phi) is 6.31. The summed E-state index contributed by atoms with van der Waals surface area (Å²) in [6.07, 6.45) is 12.7. The van der Waals surface area contributed by atoms with Gasteiger partial charge in [-0.15, -0.1) is 0 Å². The second-order valence-corrected chi connectivity index (χ2v) is 13.8. The lowest BCUT2D eigenvalue weighted by Crippen LogP contribution is -2.59. The molecule has 1 aliphatic heterocycles. The van der Waals surface area contributed by atoms with E-state index in [2.05, 4.69) is 36.7 Å². The Balaban J connectivity index is 1.16. The van der Waals surface area contributed by atoms with Gasteiger partial charge in [-0.3, -0.25) is 4.90 Å². The van der Waals surface area contributed by atoms with E-state index in [4.69, 9.17) is 5.10 Å². The maximum Gasteiger partial charge on any atom is 0.131 e. The summed E-state index contributed by atoms with van der Waals surface area (Å²) in [4.78, 5) is 2.41. The quantitative estimate of drug-likeness (QED) is 0.499. The van der Waals surface area contributed by atoms with Crippen molar-refractivity contribution in [2.45, 2.75) is 83.3 Å². The van der Waals surface area contributed by atoms with Gasteiger partial charge in [0.2, 0.25) is 0 Å². The molecule has 2 N–H and O–H groups in total. The molecule has 212 valence electrons. The molecule has 0 unspecified atom stereocenters. The molecular weight excluding hydrogens is 501 g/mol. The summed E-state index contributed by atoms with van der Waals surface area (Å²) in [6, 6.07) is 6.50. The fourth-order valence-corrected chi connectivity index (χ4v) is 9.60. The first-order chi connectivity index (χ1) is 19.2. The van der Waals surface area contributed by atoms with E-state index in [0.29, 0.717) is 24.7 Å². The van der Waals surface area contributed by atoms with E-state index in [1.54, 1.807) is 12.1 Å². The summed E-state index contributed by atoms with van der Waals surface area (Å²) < 4.78 is 15.5. The first kappa shape index (κ1) is 26.4. The van der Waals surface area contributed by atoms with Crippen molar-refractivity contribution in [1.29, 1.82) is 0 Å². The number of benzene rings is 1. The SMILES string of the molecule is C[C@]12Cc3cnn(-c4ccc(F)cc4)c3C=C1CC[C@@H]1[C@@H]2[C@@H](O)C[C@@]2(C)[C@H]1CC[C@@]2(O)C#CCN1CCCCC1. The Labute approximate surface area is 237 Å². The van der Waals surface area contributed by atoms with Crippen LogP contribution in [-0.2, 0) is 6.42 Å². The molecule has 40 heavy (non-hydrogen) atoms. The maximum absolute atomic E-state index is 13.5. The molecule has 5 aliphatic rings. The molecule has 7 atom stereocenters. The van der Waals surface area contributed by atoms with Crippen LogP contribution in [0.25, 0.3) is 11.8 Å². The van der Waals surface area contributed by atoms with Gasteiger partial charge in [-0.1, -0.05) is 37.7 Å². The van der Waals surface area contributed by atoms with Gasteiger partial charge in [-0.25, -0.2) is 9.07 Å². The Morgan fingerprint density at radius 2 is 1.88 bits per heavy atom. The predicted molar refractivity (Wildman–Crippen MR) is 154 cm³/mol. The van der Waals surface area contributed by atoms with Crippen molar-refractivity contribution < 1.29 is 14.6 Å². The predicted octanol–water partition coefficient (Wildman–Crippen LogP) is 5.38. The average molecular weight is 544 g/mol. The van der Waals surface area contributed by atoms with Gasteiger partial charge >= 0.3 is 0 Å². The van der Waals surface area contributed by atoms with Crippen LogP contribution in [0.2, 0.25) is 0 Å². The van der Waals surface area contributed by atoms with Crippen LogP contribution in [0.1, 0.15) is 76.5 Å². The van der Waals surface area contributed by atoms with Crippen LogP contribution in [-0.4, -0.2) is 56.2 Å². The normalized spacial score (nSPS) is 38.8. The van der Waals surface area contributed by atoms with Gasteiger partial charge in [-0.2, -0.15) is 5.10 Å². The summed E-state index contributed by atoms with van der Waals surface area (Å²) >= 11 is 0. The third-order valence-electron chi connectivity index (χ3n) is 11.7. The molecule has 6 heteroatoms. The summed E-state index contributed by atoms with van der Waals surface area (Å²) in [5.41, 5.74) is 2.93. The van der Waals surface area contributed by atoms with Gasteiger partial charge < -0.3 is 10.2 Å². The summed E-state index contributed by atoms with van der Waals surface area (Å²) in [5.74, 6) is 7.36. The highest BCUT2D eigenvalue weighted by atomic mass is 19.1. The Morgan fingerprint density at radius 1 is 1.10 bits per heavy atom. The zero-order valence-electron chi connectivity index (χ0n) is 23.9. The number of hydrogen-bond donors (Lipinski definition) is 2. The highest BCUT2D eigenvalue weighted by molar-refractivity contribution is 5.61. The number of nitrogens with zero attached hydrogens (tertiary/aromatic N) is 3. The molecule has 0 bridgehead atoms. The minimum atomic E-state index is -1.04. The lowest BCUT2D eigenvalue weighted by Gasteiger charge is -2.60. The molecule has 2 aromatic rings. The van der Waals surface area contributed by atoms with Crippen LogP contribution in [0.3, 0.4) is 0 Å². The number of aliphatic hydroxyl groups is 2. The van der Waals surface area contributed by atoms with Crippen LogP contribution < -0.4 is 0 Å². The molecule has 1 aromatic carbocycles. The number of piperidine rings is 1. The van der Waals surface area contributed by atoms with Crippen LogP contribution in [0.15, 0.2) is 36.0 Å². The van der Waals surface area contributed by atoms with E-state index in [-0.39, 0.29) is 17.2 Å². The molecular formula is C34H42FN3O2. The second kappa shape index (κ2) is 9.54. The van der Waals surface area contributed by atoms with Crippen LogP contribution in [0, 0.1) is 46.2 Å². The first-order valence-corrected chi connectivity index (χ1v) is 15.4. The van der Waals surface area contributed by atoms with Crippen molar-refractivity contribution in [3.05, 3.63) is 53.1 Å². The maximum atomic E-state index is 13.5. The smallest absolute Gasteiger partial charge is 0.131 e.